The van der Waals surface area contributed by atoms with Crippen LogP contribution in [-0.2, 0) is 32.7 Å². The van der Waals surface area contributed by atoms with Gasteiger partial charge in [-0.15, -0.1) is 0 Å². The standard InChI is InChI=1S/C65H100NO8P/c1-3-5-7-9-11-13-15-17-19-21-22-23-24-25-26-27-28-29-30-31-32-33-34-35-36-37-38-39-40-42-44-46-48-50-52-54-56-58-65(68)74-63(62-73-75(69,70)72-60-59-66)61-71-64(67)57-55-53-51-49-47-45-43-41-20-18-16-14-12-10-8-6-4-2/h5-8,11-14,17-20,22-23,25-26,28-29,31-32,34-35,37-38,40,42-43,45-46,48,63H,3-4,9-10,15-16,21,24,27,30,33,36,39,41,44,47,49-62,66H2,1-2H3,(H,69,70)/b7-5-,8-6-,13-11-,14-12-,19-17-,20-18-,23-22-,26-25-,29-28-,32-31-,35-34-,38-37-,42-40-,45-43-,48-46-. The quantitative estimate of drug-likeness (QED) is 0.0264. The van der Waals surface area contributed by atoms with Gasteiger partial charge < -0.3 is 20.1 Å². The largest absolute Gasteiger partial charge is 0.472 e. The molecule has 0 bridgehead atoms. The van der Waals surface area contributed by atoms with Gasteiger partial charge in [-0.3, -0.25) is 18.6 Å². The van der Waals surface area contributed by atoms with Gasteiger partial charge in [0.25, 0.3) is 0 Å². The van der Waals surface area contributed by atoms with Crippen molar-refractivity contribution in [3.05, 3.63) is 182 Å². The summed E-state index contributed by atoms with van der Waals surface area (Å²) >= 11 is 0. The first-order chi connectivity index (χ1) is 36.8. The molecule has 0 amide bonds. The van der Waals surface area contributed by atoms with Crippen LogP contribution in [0.1, 0.15) is 181 Å². The monoisotopic (exact) mass is 1050 g/mol. The maximum Gasteiger partial charge on any atom is 0.472 e. The summed E-state index contributed by atoms with van der Waals surface area (Å²) in [4.78, 5) is 35.1. The number of carbonyl (C=O) groups is 2. The van der Waals surface area contributed by atoms with Gasteiger partial charge in [0.15, 0.2) is 6.10 Å². The Hall–Kier alpha value is -4.89. The Morgan fingerprint density at radius 2 is 0.693 bits per heavy atom. The lowest BCUT2D eigenvalue weighted by Gasteiger charge is -2.19. The molecule has 0 fully saturated rings. The van der Waals surface area contributed by atoms with Crippen molar-refractivity contribution in [3.63, 3.8) is 0 Å². The molecule has 0 aliphatic rings. The zero-order valence-corrected chi connectivity index (χ0v) is 47.3. The molecule has 0 saturated heterocycles. The highest BCUT2D eigenvalue weighted by atomic mass is 31.2. The second-order valence-electron chi connectivity index (χ2n) is 17.7. The second kappa shape index (κ2) is 58.4. The molecule has 0 aromatic carbocycles. The molecule has 75 heavy (non-hydrogen) atoms. The number of nitrogens with two attached hydrogens (primary N) is 1. The van der Waals surface area contributed by atoms with E-state index in [0.717, 1.165) is 141 Å². The van der Waals surface area contributed by atoms with Crippen LogP contribution in [0.2, 0.25) is 0 Å². The molecule has 0 aliphatic carbocycles. The summed E-state index contributed by atoms with van der Waals surface area (Å²) in [5, 5.41) is 0. The second-order valence-corrected chi connectivity index (χ2v) is 19.1. The van der Waals surface area contributed by atoms with Gasteiger partial charge >= 0.3 is 19.8 Å². The molecule has 0 radical (unpaired) electrons. The molecule has 3 N–H and O–H groups in total. The molecule has 0 spiro atoms. The van der Waals surface area contributed by atoms with Crippen molar-refractivity contribution in [2.24, 2.45) is 5.73 Å². The lowest BCUT2D eigenvalue weighted by atomic mass is 10.1. The smallest absolute Gasteiger partial charge is 0.462 e. The fourth-order valence-corrected chi connectivity index (χ4v) is 7.45. The molecule has 0 aromatic heterocycles. The Morgan fingerprint density at radius 1 is 0.400 bits per heavy atom. The number of hydrogen-bond acceptors (Lipinski definition) is 8. The van der Waals surface area contributed by atoms with E-state index in [1.807, 2.05) is 0 Å². The Kier molecular flexibility index (Phi) is 54.6. The van der Waals surface area contributed by atoms with Crippen LogP contribution < -0.4 is 5.73 Å². The molecule has 2 unspecified atom stereocenters. The molecule has 2 atom stereocenters. The van der Waals surface area contributed by atoms with Crippen molar-refractivity contribution in [2.45, 2.75) is 187 Å². The van der Waals surface area contributed by atoms with E-state index in [2.05, 4.69) is 196 Å². The van der Waals surface area contributed by atoms with Crippen LogP contribution in [0.15, 0.2) is 182 Å². The van der Waals surface area contributed by atoms with Crippen LogP contribution in [0.25, 0.3) is 0 Å². The Balaban J connectivity index is 4.15. The van der Waals surface area contributed by atoms with Crippen LogP contribution in [0, 0.1) is 0 Å². The summed E-state index contributed by atoms with van der Waals surface area (Å²) < 4.78 is 32.9. The average molecular weight is 1050 g/mol. The highest BCUT2D eigenvalue weighted by Crippen LogP contribution is 2.43. The molecule has 0 rings (SSSR count). The van der Waals surface area contributed by atoms with Crippen LogP contribution >= 0.6 is 7.82 Å². The van der Waals surface area contributed by atoms with E-state index in [0.29, 0.717) is 12.8 Å². The highest BCUT2D eigenvalue weighted by Gasteiger charge is 2.26. The average Bonchev–Trinajstić information content (AvgIpc) is 3.40. The van der Waals surface area contributed by atoms with Gasteiger partial charge in [-0.25, -0.2) is 4.57 Å². The predicted octanol–water partition coefficient (Wildman–Crippen LogP) is 18.1. The Morgan fingerprint density at radius 3 is 1.03 bits per heavy atom. The maximum absolute atomic E-state index is 12.7. The molecule has 10 heteroatoms. The van der Waals surface area contributed by atoms with E-state index < -0.39 is 32.5 Å². The van der Waals surface area contributed by atoms with Crippen LogP contribution in [-0.4, -0.2) is 49.3 Å². The summed E-state index contributed by atoms with van der Waals surface area (Å²) in [6, 6.07) is 0. The van der Waals surface area contributed by atoms with Crippen LogP contribution in [0.4, 0.5) is 0 Å². The Labute approximate surface area is 456 Å². The summed E-state index contributed by atoms with van der Waals surface area (Å²) in [6.07, 6.45) is 88.0. The summed E-state index contributed by atoms with van der Waals surface area (Å²) in [5.74, 6) is -0.913. The van der Waals surface area contributed by atoms with Crippen molar-refractivity contribution < 1.29 is 37.6 Å². The van der Waals surface area contributed by atoms with Gasteiger partial charge in [-0.05, 0) is 135 Å². The third-order valence-electron chi connectivity index (χ3n) is 10.8. The first kappa shape index (κ1) is 70.1. The Bertz CT molecular complexity index is 1870. The van der Waals surface area contributed by atoms with Gasteiger partial charge in [-0.2, -0.15) is 0 Å². The lowest BCUT2D eigenvalue weighted by Crippen LogP contribution is -2.29. The third-order valence-corrected chi connectivity index (χ3v) is 11.8. The van der Waals surface area contributed by atoms with E-state index in [4.69, 9.17) is 24.3 Å². The number of unbranched alkanes of at least 4 members (excludes halogenated alkanes) is 7. The predicted molar refractivity (Wildman–Crippen MR) is 320 cm³/mol. The summed E-state index contributed by atoms with van der Waals surface area (Å²) in [6.45, 7) is 3.40. The van der Waals surface area contributed by atoms with Crippen molar-refractivity contribution in [2.75, 3.05) is 26.4 Å². The minimum atomic E-state index is -4.42. The number of rotatable bonds is 50. The van der Waals surface area contributed by atoms with E-state index in [1.165, 1.54) is 0 Å². The number of hydrogen-bond donors (Lipinski definition) is 2. The fourth-order valence-electron chi connectivity index (χ4n) is 6.69. The maximum atomic E-state index is 12.7. The normalized spacial score (nSPS) is 14.5. The van der Waals surface area contributed by atoms with Crippen molar-refractivity contribution in [1.82, 2.24) is 0 Å². The van der Waals surface area contributed by atoms with Crippen molar-refractivity contribution in [3.8, 4) is 0 Å². The number of esters is 2. The molecule has 9 nitrogen and oxygen atoms in total. The third kappa shape index (κ3) is 58.2. The van der Waals surface area contributed by atoms with E-state index >= 15 is 0 Å². The first-order valence-corrected chi connectivity index (χ1v) is 29.8. The first-order valence-electron chi connectivity index (χ1n) is 28.3. The number of phosphoric ester groups is 1. The zero-order chi connectivity index (χ0) is 54.5. The minimum Gasteiger partial charge on any atom is -0.462 e. The lowest BCUT2D eigenvalue weighted by molar-refractivity contribution is -0.161. The molecule has 0 heterocycles. The highest BCUT2D eigenvalue weighted by molar-refractivity contribution is 7.47. The number of allylic oxidation sites excluding steroid dienone is 30. The van der Waals surface area contributed by atoms with E-state index in [9.17, 15) is 19.0 Å². The van der Waals surface area contributed by atoms with Gasteiger partial charge in [-0.1, -0.05) is 215 Å². The summed E-state index contributed by atoms with van der Waals surface area (Å²) in [5.41, 5.74) is 5.37. The topological polar surface area (TPSA) is 134 Å². The molecule has 418 valence electrons. The number of phosphoric acid groups is 1. The number of ether oxygens (including phenoxy) is 2. The van der Waals surface area contributed by atoms with Crippen molar-refractivity contribution >= 4 is 19.8 Å². The van der Waals surface area contributed by atoms with Gasteiger partial charge in [0.2, 0.25) is 0 Å². The van der Waals surface area contributed by atoms with Crippen molar-refractivity contribution in [1.29, 1.82) is 0 Å². The zero-order valence-electron chi connectivity index (χ0n) is 46.4. The molecule has 0 aliphatic heterocycles. The SMILES string of the molecule is CC/C=C\C/C=C\C/C=C\C/C=C\C/C=C\C/C=C\C/C=C\C/C=C\C/C=C\C/C=C\C/C=C\CCCCCC(=O)OC(COC(=O)CCCCCC/C=C\C/C=C\C/C=C\C/C=C\CC)COP(=O)(O)OCCN. The number of carbonyl (C=O) groups excluding carboxylic acids is 2. The fraction of sp³-hybridized carbons (Fsp3) is 0.508. The molecule has 0 saturated carbocycles. The van der Waals surface area contributed by atoms with E-state index in [-0.39, 0.29) is 32.6 Å². The van der Waals surface area contributed by atoms with Crippen LogP contribution in [0.5, 0.6) is 0 Å². The van der Waals surface area contributed by atoms with E-state index in [1.54, 1.807) is 0 Å². The molecule has 0 aromatic rings. The summed E-state index contributed by atoms with van der Waals surface area (Å²) in [7, 11) is -4.42. The van der Waals surface area contributed by atoms with Gasteiger partial charge in [0, 0.05) is 19.4 Å². The molecular weight excluding hydrogens is 954 g/mol. The van der Waals surface area contributed by atoms with Gasteiger partial charge in [0.05, 0.1) is 13.2 Å². The minimum absolute atomic E-state index is 0.0331. The van der Waals surface area contributed by atoms with Crippen LogP contribution in [0.3, 0.4) is 0 Å². The molecular formula is C65H100NO8P. The van der Waals surface area contributed by atoms with Gasteiger partial charge in [0.1, 0.15) is 6.61 Å².